The van der Waals surface area contributed by atoms with Gasteiger partial charge in [0.1, 0.15) is 11.6 Å². The van der Waals surface area contributed by atoms with Crippen molar-refractivity contribution >= 4 is 11.6 Å². The molecule has 128 valence electrons. The molecule has 0 bridgehead atoms. The zero-order valence-electron chi connectivity index (χ0n) is 14.5. The van der Waals surface area contributed by atoms with Crippen molar-refractivity contribution in [1.29, 1.82) is 0 Å². The Hall–Kier alpha value is -0.700. The molecule has 4 aliphatic carbocycles. The van der Waals surface area contributed by atoms with Gasteiger partial charge in [-0.1, -0.05) is 6.92 Å². The molecule has 0 aliphatic heterocycles. The third-order valence-corrected chi connectivity index (χ3v) is 8.15. The van der Waals surface area contributed by atoms with Crippen LogP contribution in [-0.4, -0.2) is 22.8 Å². The van der Waals surface area contributed by atoms with Gasteiger partial charge < -0.3 is 5.11 Å². The van der Waals surface area contributed by atoms with E-state index < -0.39 is 0 Å². The zero-order chi connectivity index (χ0) is 16.4. The molecular weight excluding hydrogens is 288 g/mol. The smallest absolute Gasteiger partial charge is 0.137 e. The summed E-state index contributed by atoms with van der Waals surface area (Å²) < 4.78 is 0. The second-order valence-corrected chi connectivity index (χ2v) is 9.15. The van der Waals surface area contributed by atoms with Crippen molar-refractivity contribution in [3.8, 4) is 0 Å². The summed E-state index contributed by atoms with van der Waals surface area (Å²) in [7, 11) is 0. The van der Waals surface area contributed by atoms with Crippen LogP contribution in [0.3, 0.4) is 0 Å². The molecule has 3 heteroatoms. The van der Waals surface area contributed by atoms with E-state index in [1.807, 2.05) is 0 Å². The Kier molecular flexibility index (Phi) is 3.71. The highest BCUT2D eigenvalue weighted by atomic mass is 16.3. The fourth-order valence-corrected chi connectivity index (χ4v) is 7.28. The van der Waals surface area contributed by atoms with Crippen LogP contribution in [0, 0.1) is 40.9 Å². The maximum Gasteiger partial charge on any atom is 0.137 e. The quantitative estimate of drug-likeness (QED) is 0.806. The van der Waals surface area contributed by atoms with Crippen LogP contribution in [0.4, 0.5) is 0 Å². The molecule has 0 saturated heterocycles. The lowest BCUT2D eigenvalue weighted by molar-refractivity contribution is -0.149. The van der Waals surface area contributed by atoms with Gasteiger partial charge in [0.05, 0.1) is 6.10 Å². The molecule has 23 heavy (non-hydrogen) atoms. The van der Waals surface area contributed by atoms with Crippen LogP contribution < -0.4 is 0 Å². The summed E-state index contributed by atoms with van der Waals surface area (Å²) in [5.41, 5.74) is -0.0783. The summed E-state index contributed by atoms with van der Waals surface area (Å²) in [6.07, 6.45) is 7.70. The molecule has 0 amide bonds. The number of aliphatic hydroxyl groups excluding tert-OH is 1. The van der Waals surface area contributed by atoms with Gasteiger partial charge in [-0.15, -0.1) is 0 Å². The molecule has 8 atom stereocenters. The first-order valence-electron chi connectivity index (χ1n) is 9.63. The standard InChI is InChI=1S/C20H30O3/c1-11(21)16-7-8-17-15-5-3-12-9-13(22)4-6-14(12)19(15)18(23)10-20(16,17)2/h12-17,19,22H,3-10H2,1-2H3/t12-,13+,14-,15-,16+,17-,19+,20+/m0/s1. The van der Waals surface area contributed by atoms with Gasteiger partial charge in [0.2, 0.25) is 0 Å². The Morgan fingerprint density at radius 2 is 1.83 bits per heavy atom. The lowest BCUT2D eigenvalue weighted by Gasteiger charge is -2.54. The van der Waals surface area contributed by atoms with Gasteiger partial charge >= 0.3 is 0 Å². The third-order valence-electron chi connectivity index (χ3n) is 8.15. The summed E-state index contributed by atoms with van der Waals surface area (Å²) in [6.45, 7) is 3.94. The van der Waals surface area contributed by atoms with Crippen molar-refractivity contribution < 1.29 is 14.7 Å². The average Bonchev–Trinajstić information content (AvgIpc) is 2.83. The topological polar surface area (TPSA) is 54.4 Å². The highest BCUT2D eigenvalue weighted by Gasteiger charge is 2.60. The van der Waals surface area contributed by atoms with Gasteiger partial charge in [-0.2, -0.15) is 0 Å². The first-order chi connectivity index (χ1) is 10.9. The lowest BCUT2D eigenvalue weighted by atomic mass is 9.49. The summed E-state index contributed by atoms with van der Waals surface area (Å²) in [4.78, 5) is 25.2. The Bertz CT molecular complexity index is 527. The molecular formula is C20H30O3. The molecule has 4 aliphatic rings. The van der Waals surface area contributed by atoms with Crippen LogP contribution in [0.25, 0.3) is 0 Å². The van der Waals surface area contributed by atoms with Crippen molar-refractivity contribution in [1.82, 2.24) is 0 Å². The molecule has 4 saturated carbocycles. The molecule has 0 aromatic carbocycles. The second-order valence-electron chi connectivity index (χ2n) is 9.15. The number of rotatable bonds is 1. The number of ketones is 2. The van der Waals surface area contributed by atoms with Crippen LogP contribution in [0.15, 0.2) is 0 Å². The molecule has 0 heterocycles. The number of hydrogen-bond donors (Lipinski definition) is 1. The van der Waals surface area contributed by atoms with Crippen LogP contribution in [0.5, 0.6) is 0 Å². The van der Waals surface area contributed by atoms with Crippen molar-refractivity contribution in [2.45, 2.75) is 71.3 Å². The zero-order valence-corrected chi connectivity index (χ0v) is 14.5. The van der Waals surface area contributed by atoms with E-state index >= 15 is 0 Å². The van der Waals surface area contributed by atoms with Gasteiger partial charge in [0.15, 0.2) is 0 Å². The van der Waals surface area contributed by atoms with Crippen LogP contribution in [0.1, 0.15) is 65.2 Å². The van der Waals surface area contributed by atoms with Crippen molar-refractivity contribution in [2.75, 3.05) is 0 Å². The normalized spacial score (nSPS) is 52.5. The predicted molar refractivity (Wildman–Crippen MR) is 87.7 cm³/mol. The molecule has 0 unspecified atom stereocenters. The molecule has 4 fully saturated rings. The molecule has 0 spiro atoms. The second kappa shape index (κ2) is 5.40. The van der Waals surface area contributed by atoms with Crippen molar-refractivity contribution in [2.24, 2.45) is 40.9 Å². The fraction of sp³-hybridized carbons (Fsp3) is 0.900. The molecule has 0 aromatic heterocycles. The fourth-order valence-electron chi connectivity index (χ4n) is 7.28. The van der Waals surface area contributed by atoms with Crippen LogP contribution in [-0.2, 0) is 9.59 Å². The van der Waals surface area contributed by atoms with E-state index in [9.17, 15) is 14.7 Å². The SMILES string of the molecule is CC(=O)[C@H]1CC[C@H]2[C@@H]3CC[C@H]4C[C@H](O)CC[C@@H]4[C@H]3C(=O)C[C@]12C. The maximum absolute atomic E-state index is 13.1. The largest absolute Gasteiger partial charge is 0.393 e. The molecule has 1 N–H and O–H groups in total. The predicted octanol–water partition coefficient (Wildman–Crippen LogP) is 3.38. The van der Waals surface area contributed by atoms with Gasteiger partial charge in [-0.3, -0.25) is 9.59 Å². The lowest BCUT2D eigenvalue weighted by Crippen LogP contribution is -2.53. The Morgan fingerprint density at radius 1 is 1.09 bits per heavy atom. The summed E-state index contributed by atoms with van der Waals surface area (Å²) >= 11 is 0. The summed E-state index contributed by atoms with van der Waals surface area (Å²) in [6, 6.07) is 0. The van der Waals surface area contributed by atoms with E-state index in [1.165, 1.54) is 6.42 Å². The van der Waals surface area contributed by atoms with Gasteiger partial charge in [-0.05, 0) is 81.0 Å². The Morgan fingerprint density at radius 3 is 2.57 bits per heavy atom. The first-order valence-corrected chi connectivity index (χ1v) is 9.63. The third kappa shape index (κ3) is 2.26. The van der Waals surface area contributed by atoms with E-state index in [-0.39, 0.29) is 29.1 Å². The summed E-state index contributed by atoms with van der Waals surface area (Å²) in [5, 5.41) is 9.97. The minimum absolute atomic E-state index is 0.0783. The minimum atomic E-state index is -0.148. The Labute approximate surface area is 139 Å². The first kappa shape index (κ1) is 15.8. The van der Waals surface area contributed by atoms with Gasteiger partial charge in [-0.25, -0.2) is 0 Å². The van der Waals surface area contributed by atoms with E-state index in [0.29, 0.717) is 35.9 Å². The van der Waals surface area contributed by atoms with Gasteiger partial charge in [0.25, 0.3) is 0 Å². The molecule has 0 aromatic rings. The Balaban J connectivity index is 1.63. The monoisotopic (exact) mass is 318 g/mol. The van der Waals surface area contributed by atoms with Crippen molar-refractivity contribution in [3.63, 3.8) is 0 Å². The highest BCUT2D eigenvalue weighted by molar-refractivity contribution is 5.86. The number of aliphatic hydroxyl groups is 1. The number of Topliss-reactive ketones (excluding diaryl/α,β-unsaturated/α-hetero) is 2. The van der Waals surface area contributed by atoms with E-state index in [0.717, 1.165) is 38.5 Å². The average molecular weight is 318 g/mol. The highest BCUT2D eigenvalue weighted by Crippen LogP contribution is 2.63. The van der Waals surface area contributed by atoms with E-state index in [4.69, 9.17) is 0 Å². The number of carbonyl (C=O) groups is 2. The van der Waals surface area contributed by atoms with Crippen molar-refractivity contribution in [3.05, 3.63) is 0 Å². The number of fused-ring (bicyclic) bond motifs is 5. The minimum Gasteiger partial charge on any atom is -0.393 e. The summed E-state index contributed by atoms with van der Waals surface area (Å²) in [5.74, 6) is 3.18. The van der Waals surface area contributed by atoms with Crippen LogP contribution >= 0.6 is 0 Å². The molecule has 4 rings (SSSR count). The maximum atomic E-state index is 13.1. The number of carbonyl (C=O) groups excluding carboxylic acids is 2. The van der Waals surface area contributed by atoms with Crippen LogP contribution in [0.2, 0.25) is 0 Å². The molecule has 0 radical (unpaired) electrons. The van der Waals surface area contributed by atoms with E-state index in [1.54, 1.807) is 6.92 Å². The van der Waals surface area contributed by atoms with Gasteiger partial charge in [0, 0.05) is 18.3 Å². The van der Waals surface area contributed by atoms with E-state index in [2.05, 4.69) is 6.92 Å². The number of hydrogen-bond acceptors (Lipinski definition) is 3. The molecule has 3 nitrogen and oxygen atoms in total.